The van der Waals surface area contributed by atoms with Crippen molar-refractivity contribution in [2.75, 3.05) is 6.26 Å². The fraction of sp³-hybridized carbons (Fsp3) is 0.214. The number of aldehydes is 1. The fourth-order valence-corrected chi connectivity index (χ4v) is 4.76. The third-order valence-electron chi connectivity index (χ3n) is 5.40. The van der Waals surface area contributed by atoms with Gasteiger partial charge in [0.05, 0.1) is 16.9 Å². The van der Waals surface area contributed by atoms with E-state index in [1.165, 1.54) is 24.3 Å². The monoisotopic (exact) mass is 508 g/mol. The van der Waals surface area contributed by atoms with Gasteiger partial charge in [0.2, 0.25) is 0 Å². The number of esters is 1. The molecular formula is C28H25FO6S. The number of carbonyl (C=O) groups excluding carboxylic acids is 2. The van der Waals surface area contributed by atoms with Crippen molar-refractivity contribution in [2.24, 2.45) is 0 Å². The standard InChI is InChI=1S/C28H25FO6S/c1-28(2,3)35-27(31)19-7-5-6-18(12-19)22-14-23-24(15-30)26(17-8-10-21(29)11-9-17)34-25(23)13-20(22)16-36(4,32)33/h5-15H,16H2,1-4H3. The van der Waals surface area contributed by atoms with Crippen molar-refractivity contribution in [2.45, 2.75) is 32.1 Å². The molecule has 1 heterocycles. The third kappa shape index (κ3) is 5.54. The first-order chi connectivity index (χ1) is 16.8. The Balaban J connectivity index is 1.92. The molecule has 0 fully saturated rings. The number of hydrogen-bond acceptors (Lipinski definition) is 6. The molecule has 0 aliphatic heterocycles. The van der Waals surface area contributed by atoms with Crippen LogP contribution in [0.25, 0.3) is 33.4 Å². The van der Waals surface area contributed by atoms with E-state index in [1.54, 1.807) is 57.2 Å². The van der Waals surface area contributed by atoms with E-state index >= 15 is 0 Å². The first-order valence-corrected chi connectivity index (χ1v) is 13.2. The Morgan fingerprint density at radius 1 is 1.03 bits per heavy atom. The van der Waals surface area contributed by atoms with E-state index in [9.17, 15) is 22.4 Å². The molecule has 4 aromatic rings. The van der Waals surface area contributed by atoms with E-state index in [-0.39, 0.29) is 17.1 Å². The van der Waals surface area contributed by atoms with Gasteiger partial charge < -0.3 is 9.15 Å². The molecule has 0 saturated carbocycles. The van der Waals surface area contributed by atoms with Crippen LogP contribution in [-0.2, 0) is 20.3 Å². The molecule has 0 aliphatic rings. The summed E-state index contributed by atoms with van der Waals surface area (Å²) in [5.41, 5.74) is 2.28. The molecule has 0 radical (unpaired) electrons. The molecule has 8 heteroatoms. The molecule has 0 amide bonds. The molecule has 1 aromatic heterocycles. The first-order valence-electron chi connectivity index (χ1n) is 11.2. The highest BCUT2D eigenvalue weighted by Gasteiger charge is 2.22. The molecule has 3 aromatic carbocycles. The molecule has 0 aliphatic carbocycles. The SMILES string of the molecule is CC(C)(C)OC(=O)c1cccc(-c2cc3c(C=O)c(-c4ccc(F)cc4)oc3cc2CS(C)(=O)=O)c1. The summed E-state index contributed by atoms with van der Waals surface area (Å²) in [6.07, 6.45) is 1.78. The fourth-order valence-electron chi connectivity index (χ4n) is 3.96. The van der Waals surface area contributed by atoms with Crippen LogP contribution in [0.15, 0.2) is 65.1 Å². The summed E-state index contributed by atoms with van der Waals surface area (Å²) in [7, 11) is -3.44. The summed E-state index contributed by atoms with van der Waals surface area (Å²) in [4.78, 5) is 24.7. The minimum Gasteiger partial charge on any atom is -0.456 e. The predicted octanol–water partition coefficient (Wildman–Crippen LogP) is 6.22. The van der Waals surface area contributed by atoms with Gasteiger partial charge in [0.15, 0.2) is 16.1 Å². The number of carbonyl (C=O) groups is 2. The van der Waals surface area contributed by atoms with Crippen molar-refractivity contribution in [1.82, 2.24) is 0 Å². The summed E-state index contributed by atoms with van der Waals surface area (Å²) in [6.45, 7) is 5.31. The second-order valence-electron chi connectivity index (χ2n) is 9.63. The number of benzene rings is 3. The normalized spacial score (nSPS) is 12.0. The quantitative estimate of drug-likeness (QED) is 0.227. The number of fused-ring (bicyclic) bond motifs is 1. The number of hydrogen-bond donors (Lipinski definition) is 0. The van der Waals surface area contributed by atoms with E-state index in [4.69, 9.17) is 9.15 Å². The number of halogens is 1. The van der Waals surface area contributed by atoms with E-state index in [0.717, 1.165) is 6.26 Å². The molecule has 0 spiro atoms. The van der Waals surface area contributed by atoms with Crippen LogP contribution in [0, 0.1) is 5.82 Å². The molecular weight excluding hydrogens is 483 g/mol. The van der Waals surface area contributed by atoms with Crippen LogP contribution in [0.5, 0.6) is 0 Å². The first kappa shape index (κ1) is 25.3. The number of sulfone groups is 1. The molecule has 0 bridgehead atoms. The van der Waals surface area contributed by atoms with Gasteiger partial charge in [0.25, 0.3) is 0 Å². The zero-order valence-electron chi connectivity index (χ0n) is 20.3. The molecule has 0 atom stereocenters. The van der Waals surface area contributed by atoms with Gasteiger partial charge in [0, 0.05) is 17.2 Å². The van der Waals surface area contributed by atoms with Crippen LogP contribution in [-0.4, -0.2) is 32.5 Å². The lowest BCUT2D eigenvalue weighted by atomic mass is 9.96. The maximum Gasteiger partial charge on any atom is 0.338 e. The lowest BCUT2D eigenvalue weighted by Gasteiger charge is -2.19. The highest BCUT2D eigenvalue weighted by molar-refractivity contribution is 7.89. The Labute approximate surface area is 208 Å². The van der Waals surface area contributed by atoms with Crippen molar-refractivity contribution in [3.63, 3.8) is 0 Å². The third-order valence-corrected chi connectivity index (χ3v) is 6.24. The van der Waals surface area contributed by atoms with Crippen LogP contribution in [0.4, 0.5) is 4.39 Å². The van der Waals surface area contributed by atoms with Gasteiger partial charge in [-0.2, -0.15) is 0 Å². The summed E-state index contributed by atoms with van der Waals surface area (Å²) < 4.78 is 49.3. The number of rotatable bonds is 6. The van der Waals surface area contributed by atoms with E-state index in [1.807, 2.05) is 0 Å². The van der Waals surface area contributed by atoms with Gasteiger partial charge in [-0.1, -0.05) is 12.1 Å². The van der Waals surface area contributed by atoms with E-state index < -0.39 is 27.2 Å². The van der Waals surface area contributed by atoms with Crippen molar-refractivity contribution < 1.29 is 31.6 Å². The number of ether oxygens (including phenoxy) is 1. The van der Waals surface area contributed by atoms with Crippen molar-refractivity contribution >= 4 is 33.1 Å². The maximum atomic E-state index is 13.4. The van der Waals surface area contributed by atoms with E-state index in [2.05, 4.69) is 0 Å². The largest absolute Gasteiger partial charge is 0.456 e. The second-order valence-corrected chi connectivity index (χ2v) is 11.8. The lowest BCUT2D eigenvalue weighted by molar-refractivity contribution is 0.00694. The van der Waals surface area contributed by atoms with Gasteiger partial charge in [-0.15, -0.1) is 0 Å². The summed E-state index contributed by atoms with van der Waals surface area (Å²) in [5.74, 6) is -0.960. The smallest absolute Gasteiger partial charge is 0.338 e. The lowest BCUT2D eigenvalue weighted by Crippen LogP contribution is -2.23. The summed E-state index contributed by atoms with van der Waals surface area (Å²) in [5, 5.41) is 0.472. The molecule has 4 rings (SSSR count). The van der Waals surface area contributed by atoms with Crippen LogP contribution < -0.4 is 0 Å². The second kappa shape index (κ2) is 9.35. The topological polar surface area (TPSA) is 90.7 Å². The molecule has 6 nitrogen and oxygen atoms in total. The minimum atomic E-state index is -3.44. The van der Waals surface area contributed by atoms with Gasteiger partial charge in [-0.05, 0) is 86.0 Å². The average molecular weight is 509 g/mol. The molecule has 36 heavy (non-hydrogen) atoms. The molecule has 0 saturated heterocycles. The highest BCUT2D eigenvalue weighted by Crippen LogP contribution is 2.38. The van der Waals surface area contributed by atoms with Crippen LogP contribution >= 0.6 is 0 Å². The summed E-state index contributed by atoms with van der Waals surface area (Å²) >= 11 is 0. The Morgan fingerprint density at radius 2 is 1.72 bits per heavy atom. The molecule has 0 unspecified atom stereocenters. The van der Waals surface area contributed by atoms with Crippen molar-refractivity contribution in [3.05, 3.63) is 83.2 Å². The van der Waals surface area contributed by atoms with Gasteiger partial charge in [-0.3, -0.25) is 4.79 Å². The van der Waals surface area contributed by atoms with Crippen molar-refractivity contribution in [3.8, 4) is 22.5 Å². The summed E-state index contributed by atoms with van der Waals surface area (Å²) in [6, 6.07) is 15.5. The van der Waals surface area contributed by atoms with E-state index in [0.29, 0.717) is 45.1 Å². The van der Waals surface area contributed by atoms with Crippen LogP contribution in [0.2, 0.25) is 0 Å². The average Bonchev–Trinajstić information content (AvgIpc) is 3.14. The van der Waals surface area contributed by atoms with Crippen molar-refractivity contribution in [1.29, 1.82) is 0 Å². The zero-order valence-corrected chi connectivity index (χ0v) is 21.1. The Hall–Kier alpha value is -3.78. The van der Waals surface area contributed by atoms with Gasteiger partial charge in [0.1, 0.15) is 22.8 Å². The van der Waals surface area contributed by atoms with Gasteiger partial charge in [-0.25, -0.2) is 17.6 Å². The Bertz CT molecular complexity index is 1580. The van der Waals surface area contributed by atoms with Gasteiger partial charge >= 0.3 is 5.97 Å². The highest BCUT2D eigenvalue weighted by atomic mass is 32.2. The maximum absolute atomic E-state index is 13.4. The minimum absolute atomic E-state index is 0.255. The molecule has 0 N–H and O–H groups in total. The van der Waals surface area contributed by atoms with Crippen LogP contribution in [0.1, 0.15) is 47.1 Å². The Kier molecular flexibility index (Phi) is 6.58. The predicted molar refractivity (Wildman–Crippen MR) is 136 cm³/mol. The van der Waals surface area contributed by atoms with Crippen LogP contribution in [0.3, 0.4) is 0 Å². The zero-order chi connectivity index (χ0) is 26.3. The molecule has 186 valence electrons. The Morgan fingerprint density at radius 3 is 2.33 bits per heavy atom. The number of furan rings is 1.